The van der Waals surface area contributed by atoms with Crippen molar-refractivity contribution >= 4 is 29.4 Å². The fourth-order valence-electron chi connectivity index (χ4n) is 5.52. The van der Waals surface area contributed by atoms with Gasteiger partial charge in [-0.15, -0.1) is 0 Å². The van der Waals surface area contributed by atoms with Crippen molar-refractivity contribution in [1.82, 2.24) is 24.9 Å². The van der Waals surface area contributed by atoms with Gasteiger partial charge in [-0.25, -0.2) is 4.79 Å². The van der Waals surface area contributed by atoms with Crippen molar-refractivity contribution < 1.29 is 14.3 Å². The molecular formula is C24H31ClN6O3. The Morgan fingerprint density at radius 3 is 2.85 bits per heavy atom. The van der Waals surface area contributed by atoms with Crippen LogP contribution in [0.4, 0.5) is 10.6 Å². The van der Waals surface area contributed by atoms with Crippen molar-refractivity contribution in [3.63, 3.8) is 0 Å². The Morgan fingerprint density at radius 1 is 1.29 bits per heavy atom. The van der Waals surface area contributed by atoms with Crippen LogP contribution in [0.25, 0.3) is 0 Å². The van der Waals surface area contributed by atoms with E-state index in [1.165, 1.54) is 13.5 Å². The van der Waals surface area contributed by atoms with E-state index < -0.39 is 5.54 Å². The largest absolute Gasteiger partial charge is 0.495 e. The number of nitrogens with zero attached hydrogens (tertiary/aromatic N) is 4. The molecule has 0 bridgehead atoms. The van der Waals surface area contributed by atoms with Gasteiger partial charge in [-0.3, -0.25) is 14.8 Å². The monoisotopic (exact) mass is 486 g/mol. The molecule has 0 spiro atoms. The lowest BCUT2D eigenvalue weighted by Crippen LogP contribution is -2.60. The zero-order valence-corrected chi connectivity index (χ0v) is 20.8. The van der Waals surface area contributed by atoms with E-state index in [2.05, 4.69) is 27.3 Å². The van der Waals surface area contributed by atoms with Gasteiger partial charge in [0.1, 0.15) is 5.75 Å². The molecular weight excluding hydrogens is 456 g/mol. The van der Waals surface area contributed by atoms with Crippen LogP contribution in [0.1, 0.15) is 55.2 Å². The molecule has 3 aliphatic rings. The lowest BCUT2D eigenvalue weighted by Gasteiger charge is -2.45. The van der Waals surface area contributed by atoms with Crippen molar-refractivity contribution in [3.05, 3.63) is 40.0 Å². The molecule has 1 aromatic heterocycles. The van der Waals surface area contributed by atoms with Gasteiger partial charge in [0.25, 0.3) is 5.91 Å². The van der Waals surface area contributed by atoms with Gasteiger partial charge < -0.3 is 19.9 Å². The standard InChI is InChI=1S/C24H31ClN6O3/c1-14-11-29-9-5-6-16(29)12-30(14)23(33)31-13-17-20(24(31,2)3)27-28-21(17)26-22(32)15-7-8-18(25)19(10-15)34-4/h7-8,10,14,16H,5-6,9,11-13H2,1-4H3,(H2,26,27,28,32)/t14-,16-/m0/s1. The summed E-state index contributed by atoms with van der Waals surface area (Å²) in [5.74, 6) is 0.541. The van der Waals surface area contributed by atoms with Crippen molar-refractivity contribution in [2.75, 3.05) is 32.1 Å². The van der Waals surface area contributed by atoms with E-state index in [0.717, 1.165) is 37.3 Å². The molecule has 4 heterocycles. The van der Waals surface area contributed by atoms with Crippen LogP contribution in [0.15, 0.2) is 18.2 Å². The molecule has 5 rings (SSSR count). The number of carbonyl (C=O) groups excluding carboxylic acids is 2. The second kappa shape index (κ2) is 8.46. The third kappa shape index (κ3) is 3.71. The number of methoxy groups -OCH3 is 1. The molecule has 3 aliphatic heterocycles. The van der Waals surface area contributed by atoms with Crippen LogP contribution in [-0.2, 0) is 12.1 Å². The molecule has 9 nitrogen and oxygen atoms in total. The first-order chi connectivity index (χ1) is 16.2. The predicted molar refractivity (Wildman–Crippen MR) is 129 cm³/mol. The number of rotatable bonds is 3. The average molecular weight is 487 g/mol. The second-order valence-corrected chi connectivity index (χ2v) is 10.4. The zero-order valence-electron chi connectivity index (χ0n) is 20.0. The number of hydrogen-bond donors (Lipinski definition) is 2. The van der Waals surface area contributed by atoms with E-state index in [-0.39, 0.29) is 18.0 Å². The van der Waals surface area contributed by atoms with Crippen LogP contribution < -0.4 is 10.1 Å². The Kier molecular flexibility index (Phi) is 5.72. The maximum atomic E-state index is 13.7. The molecule has 2 atom stereocenters. The summed E-state index contributed by atoms with van der Waals surface area (Å²) in [6.07, 6.45) is 2.35. The Labute approximate surface area is 204 Å². The summed E-state index contributed by atoms with van der Waals surface area (Å²) in [5, 5.41) is 10.7. The number of carbonyl (C=O) groups is 2. The molecule has 2 saturated heterocycles. The number of amides is 3. The van der Waals surface area contributed by atoms with Gasteiger partial charge in [0.2, 0.25) is 0 Å². The van der Waals surface area contributed by atoms with Crippen LogP contribution in [0.3, 0.4) is 0 Å². The maximum absolute atomic E-state index is 13.7. The molecule has 2 N–H and O–H groups in total. The Balaban J connectivity index is 1.35. The molecule has 2 aromatic rings. The molecule has 0 radical (unpaired) electrons. The number of aromatic amines is 1. The van der Waals surface area contributed by atoms with Crippen LogP contribution in [0, 0.1) is 0 Å². The van der Waals surface area contributed by atoms with Crippen LogP contribution in [0.5, 0.6) is 5.75 Å². The summed E-state index contributed by atoms with van der Waals surface area (Å²) in [4.78, 5) is 33.0. The van der Waals surface area contributed by atoms with Gasteiger partial charge in [-0.2, -0.15) is 5.10 Å². The normalized spacial score (nSPS) is 23.6. The highest BCUT2D eigenvalue weighted by Crippen LogP contribution is 2.42. The SMILES string of the molecule is COc1cc(C(=O)Nc2n[nH]c3c2CN(C(=O)N2C[C@@H]4CCCN4C[C@@H]2C)C3(C)C)ccc1Cl. The van der Waals surface area contributed by atoms with Gasteiger partial charge in [0.05, 0.1) is 29.9 Å². The molecule has 34 heavy (non-hydrogen) atoms. The molecule has 2 fully saturated rings. The average Bonchev–Trinajstić information content (AvgIpc) is 3.49. The predicted octanol–water partition coefficient (Wildman–Crippen LogP) is 3.66. The lowest BCUT2D eigenvalue weighted by molar-refractivity contribution is 0.0454. The number of nitrogens with one attached hydrogen (secondary N) is 2. The maximum Gasteiger partial charge on any atom is 0.321 e. The molecule has 0 saturated carbocycles. The minimum absolute atomic E-state index is 0.0355. The fourth-order valence-corrected chi connectivity index (χ4v) is 5.71. The summed E-state index contributed by atoms with van der Waals surface area (Å²) < 4.78 is 5.22. The first-order valence-electron chi connectivity index (χ1n) is 11.8. The quantitative estimate of drug-likeness (QED) is 0.690. The van der Waals surface area contributed by atoms with E-state index in [1.54, 1.807) is 18.2 Å². The van der Waals surface area contributed by atoms with Gasteiger partial charge in [0.15, 0.2) is 5.82 Å². The van der Waals surface area contributed by atoms with Crippen LogP contribution in [-0.4, -0.2) is 75.7 Å². The topological polar surface area (TPSA) is 93.8 Å². The first kappa shape index (κ1) is 23.0. The highest BCUT2D eigenvalue weighted by Gasteiger charge is 2.47. The number of benzene rings is 1. The Morgan fingerprint density at radius 2 is 2.09 bits per heavy atom. The summed E-state index contributed by atoms with van der Waals surface area (Å²) in [6.45, 7) is 9.36. The van der Waals surface area contributed by atoms with Gasteiger partial charge in [-0.05, 0) is 58.4 Å². The number of fused-ring (bicyclic) bond motifs is 2. The number of H-pyrrole nitrogens is 1. The second-order valence-electron chi connectivity index (χ2n) is 9.95. The zero-order chi connectivity index (χ0) is 24.2. The highest BCUT2D eigenvalue weighted by molar-refractivity contribution is 6.32. The summed E-state index contributed by atoms with van der Waals surface area (Å²) in [5.41, 5.74) is 1.52. The van der Waals surface area contributed by atoms with Crippen molar-refractivity contribution in [2.24, 2.45) is 0 Å². The minimum Gasteiger partial charge on any atom is -0.495 e. The minimum atomic E-state index is -0.571. The summed E-state index contributed by atoms with van der Waals surface area (Å²) in [6, 6.07) is 5.50. The van der Waals surface area contributed by atoms with Gasteiger partial charge in [-0.1, -0.05) is 11.6 Å². The van der Waals surface area contributed by atoms with E-state index >= 15 is 0 Å². The van der Waals surface area contributed by atoms with Crippen LogP contribution >= 0.6 is 11.6 Å². The Hall–Kier alpha value is -2.78. The molecule has 0 unspecified atom stereocenters. The van der Waals surface area contributed by atoms with Crippen molar-refractivity contribution in [1.29, 1.82) is 0 Å². The number of piperazine rings is 1. The fraction of sp³-hybridized carbons (Fsp3) is 0.542. The Bertz CT molecular complexity index is 1130. The van der Waals surface area contributed by atoms with E-state index in [1.807, 2.05) is 23.6 Å². The van der Waals surface area contributed by atoms with Crippen LogP contribution in [0.2, 0.25) is 5.02 Å². The molecule has 10 heteroatoms. The van der Waals surface area contributed by atoms with E-state index in [4.69, 9.17) is 16.3 Å². The number of hydrogen-bond acceptors (Lipinski definition) is 5. The lowest BCUT2D eigenvalue weighted by atomic mass is 10.0. The van der Waals surface area contributed by atoms with Gasteiger partial charge in [0, 0.05) is 36.3 Å². The van der Waals surface area contributed by atoms with Crippen molar-refractivity contribution in [2.45, 2.75) is 57.8 Å². The number of ether oxygens (including phenoxy) is 1. The molecule has 0 aliphatic carbocycles. The number of aromatic nitrogens is 2. The number of halogens is 1. The third-order valence-electron chi connectivity index (χ3n) is 7.53. The highest BCUT2D eigenvalue weighted by atomic mass is 35.5. The number of anilines is 1. The molecule has 3 amide bonds. The number of urea groups is 1. The third-order valence-corrected chi connectivity index (χ3v) is 7.84. The summed E-state index contributed by atoms with van der Waals surface area (Å²) >= 11 is 6.08. The first-order valence-corrected chi connectivity index (χ1v) is 12.1. The molecule has 1 aromatic carbocycles. The smallest absolute Gasteiger partial charge is 0.321 e. The molecule has 182 valence electrons. The summed E-state index contributed by atoms with van der Waals surface area (Å²) in [7, 11) is 1.50. The van der Waals surface area contributed by atoms with E-state index in [0.29, 0.717) is 34.7 Å². The van der Waals surface area contributed by atoms with Gasteiger partial charge >= 0.3 is 6.03 Å². The van der Waals surface area contributed by atoms with E-state index in [9.17, 15) is 9.59 Å². The van der Waals surface area contributed by atoms with Crippen molar-refractivity contribution in [3.8, 4) is 5.75 Å².